The van der Waals surface area contributed by atoms with E-state index in [2.05, 4.69) is 5.32 Å². The maximum atomic E-state index is 11.5. The first kappa shape index (κ1) is 14.8. The van der Waals surface area contributed by atoms with Crippen LogP contribution in [0, 0.1) is 0 Å². The molecule has 0 fully saturated rings. The number of hydrogen-bond acceptors (Lipinski definition) is 3. The lowest BCUT2D eigenvalue weighted by Crippen LogP contribution is -2.37. The van der Waals surface area contributed by atoms with E-state index in [9.17, 15) is 9.59 Å². The van der Waals surface area contributed by atoms with Crippen molar-refractivity contribution in [3.05, 3.63) is 35.9 Å². The highest BCUT2D eigenvalue weighted by Gasteiger charge is 2.11. The van der Waals surface area contributed by atoms with Crippen molar-refractivity contribution in [2.75, 3.05) is 6.61 Å². The number of carbonyl (C=O) groups excluding carboxylic acids is 1. The minimum atomic E-state index is -1.07. The number of carbonyl (C=O) groups is 2. The number of benzene rings is 1. The van der Waals surface area contributed by atoms with E-state index in [0.29, 0.717) is 12.4 Å². The van der Waals surface area contributed by atoms with Gasteiger partial charge in [-0.25, -0.2) is 0 Å². The highest BCUT2D eigenvalue weighted by atomic mass is 16.5. The minimum Gasteiger partial charge on any atom is -0.493 e. The Kier molecular flexibility index (Phi) is 5.60. The molecule has 2 N–H and O–H groups in total. The molecule has 0 aromatic heterocycles. The van der Waals surface area contributed by atoms with Crippen molar-refractivity contribution in [2.24, 2.45) is 0 Å². The number of hydrogen-bond donors (Lipinski definition) is 2. The Morgan fingerprint density at radius 2 is 2.11 bits per heavy atom. The lowest BCUT2D eigenvalue weighted by atomic mass is 10.2. The molecule has 1 aromatic rings. The number of amides is 1. The zero-order chi connectivity index (χ0) is 14.3. The van der Waals surface area contributed by atoms with Gasteiger partial charge in [-0.05, 0) is 26.0 Å². The molecule has 1 aromatic carbocycles. The molecule has 0 aliphatic carbocycles. The van der Waals surface area contributed by atoms with E-state index >= 15 is 0 Å². The van der Waals surface area contributed by atoms with Crippen LogP contribution in [0.3, 0.4) is 0 Å². The van der Waals surface area contributed by atoms with Gasteiger partial charge < -0.3 is 15.2 Å². The minimum absolute atomic E-state index is 0.457. The molecule has 19 heavy (non-hydrogen) atoms. The van der Waals surface area contributed by atoms with Gasteiger partial charge in [-0.15, -0.1) is 0 Å². The summed E-state index contributed by atoms with van der Waals surface area (Å²) < 4.78 is 5.41. The zero-order valence-corrected chi connectivity index (χ0v) is 10.9. The summed E-state index contributed by atoms with van der Waals surface area (Å²) in [6, 6.07) is 6.38. The Bertz CT molecular complexity index is 482. The molecule has 0 bridgehead atoms. The third kappa shape index (κ3) is 4.83. The Labute approximate surface area is 111 Å². The molecular weight excluding hydrogens is 246 g/mol. The molecule has 1 atom stereocenters. The number of nitrogens with one attached hydrogen (secondary N) is 1. The summed E-state index contributed by atoms with van der Waals surface area (Å²) in [7, 11) is 0. The highest BCUT2D eigenvalue weighted by molar-refractivity contribution is 5.94. The number of aliphatic carboxylic acids is 1. The van der Waals surface area contributed by atoms with E-state index in [-0.39, 0.29) is 0 Å². The van der Waals surface area contributed by atoms with Gasteiger partial charge in [-0.2, -0.15) is 0 Å². The summed E-state index contributed by atoms with van der Waals surface area (Å²) in [6.45, 7) is 3.82. The van der Waals surface area contributed by atoms with Crippen molar-refractivity contribution in [1.82, 2.24) is 5.32 Å². The highest BCUT2D eigenvalue weighted by Crippen LogP contribution is 2.19. The van der Waals surface area contributed by atoms with Crippen molar-refractivity contribution < 1.29 is 19.4 Å². The molecule has 0 heterocycles. The zero-order valence-electron chi connectivity index (χ0n) is 10.9. The van der Waals surface area contributed by atoms with Gasteiger partial charge in [0.1, 0.15) is 11.8 Å². The molecule has 0 spiro atoms. The Morgan fingerprint density at radius 3 is 2.74 bits per heavy atom. The topological polar surface area (TPSA) is 75.6 Å². The predicted octanol–water partition coefficient (Wildman–Crippen LogP) is 1.69. The molecular formula is C14H17NO4. The van der Waals surface area contributed by atoms with Crippen LogP contribution >= 0.6 is 0 Å². The maximum absolute atomic E-state index is 11.5. The van der Waals surface area contributed by atoms with E-state index < -0.39 is 17.9 Å². The molecule has 5 nitrogen and oxygen atoms in total. The molecule has 0 aliphatic rings. The maximum Gasteiger partial charge on any atom is 0.325 e. The van der Waals surface area contributed by atoms with Gasteiger partial charge in [0.25, 0.3) is 0 Å². The van der Waals surface area contributed by atoms with Crippen LogP contribution in [0.1, 0.15) is 19.4 Å². The molecule has 1 rings (SSSR count). The molecule has 0 radical (unpaired) electrons. The Balaban J connectivity index is 2.71. The summed E-state index contributed by atoms with van der Waals surface area (Å²) >= 11 is 0. The van der Waals surface area contributed by atoms with Gasteiger partial charge in [0.15, 0.2) is 0 Å². The Morgan fingerprint density at radius 1 is 1.42 bits per heavy atom. The third-order valence-electron chi connectivity index (χ3n) is 2.36. The fourth-order valence-corrected chi connectivity index (χ4v) is 1.39. The second-order valence-electron chi connectivity index (χ2n) is 3.87. The second-order valence-corrected chi connectivity index (χ2v) is 3.87. The quantitative estimate of drug-likeness (QED) is 0.766. The van der Waals surface area contributed by atoms with Gasteiger partial charge in [0, 0.05) is 11.6 Å². The SMILES string of the molecule is CCOc1ccccc1/C=C/C(=O)NC(C)C(=O)O. The van der Waals surface area contributed by atoms with E-state index in [0.717, 1.165) is 5.56 Å². The van der Waals surface area contributed by atoms with Crippen LogP contribution in [-0.4, -0.2) is 29.6 Å². The number of carboxylic acid groups (broad SMARTS) is 1. The summed E-state index contributed by atoms with van der Waals surface area (Å²) in [6.07, 6.45) is 2.88. The van der Waals surface area contributed by atoms with Crippen LogP contribution < -0.4 is 10.1 Å². The van der Waals surface area contributed by atoms with Crippen LogP contribution in [0.5, 0.6) is 5.75 Å². The summed E-state index contributed by atoms with van der Waals surface area (Å²) in [5.74, 6) is -0.849. The molecule has 0 aliphatic heterocycles. The van der Waals surface area contributed by atoms with Crippen LogP contribution in [0.15, 0.2) is 30.3 Å². The molecule has 0 saturated heterocycles. The largest absolute Gasteiger partial charge is 0.493 e. The first-order chi connectivity index (χ1) is 9.04. The van der Waals surface area contributed by atoms with E-state index in [4.69, 9.17) is 9.84 Å². The molecule has 102 valence electrons. The summed E-state index contributed by atoms with van der Waals surface area (Å²) in [4.78, 5) is 22.1. The van der Waals surface area contributed by atoms with Crippen LogP contribution in [0.2, 0.25) is 0 Å². The normalized spacial score (nSPS) is 12.1. The number of rotatable bonds is 6. The van der Waals surface area contributed by atoms with Crippen molar-refractivity contribution in [1.29, 1.82) is 0 Å². The standard InChI is InChI=1S/C14H17NO4/c1-3-19-12-7-5-4-6-11(12)8-9-13(16)15-10(2)14(17)18/h4-10H,3H2,1-2H3,(H,15,16)(H,17,18)/b9-8+. The van der Waals surface area contributed by atoms with Crippen LogP contribution in [-0.2, 0) is 9.59 Å². The molecule has 1 unspecified atom stereocenters. The van der Waals surface area contributed by atoms with Crippen molar-refractivity contribution in [3.8, 4) is 5.75 Å². The fraction of sp³-hybridized carbons (Fsp3) is 0.286. The van der Waals surface area contributed by atoms with Crippen LogP contribution in [0.25, 0.3) is 6.08 Å². The lowest BCUT2D eigenvalue weighted by molar-refractivity contribution is -0.140. The van der Waals surface area contributed by atoms with Crippen molar-refractivity contribution in [2.45, 2.75) is 19.9 Å². The lowest BCUT2D eigenvalue weighted by Gasteiger charge is -2.07. The number of para-hydroxylation sites is 1. The molecule has 0 saturated carbocycles. The average Bonchev–Trinajstić information content (AvgIpc) is 2.38. The van der Waals surface area contributed by atoms with Gasteiger partial charge in [0.2, 0.25) is 5.91 Å². The van der Waals surface area contributed by atoms with Gasteiger partial charge >= 0.3 is 5.97 Å². The van der Waals surface area contributed by atoms with Crippen molar-refractivity contribution >= 4 is 18.0 Å². The van der Waals surface area contributed by atoms with E-state index in [1.807, 2.05) is 25.1 Å². The third-order valence-corrected chi connectivity index (χ3v) is 2.36. The molecule has 5 heteroatoms. The van der Waals surface area contributed by atoms with E-state index in [1.54, 1.807) is 12.1 Å². The first-order valence-electron chi connectivity index (χ1n) is 5.97. The Hall–Kier alpha value is -2.30. The predicted molar refractivity (Wildman–Crippen MR) is 71.9 cm³/mol. The van der Waals surface area contributed by atoms with E-state index in [1.165, 1.54) is 13.0 Å². The average molecular weight is 263 g/mol. The monoisotopic (exact) mass is 263 g/mol. The van der Waals surface area contributed by atoms with Gasteiger partial charge in [0.05, 0.1) is 6.61 Å². The first-order valence-corrected chi connectivity index (χ1v) is 5.97. The summed E-state index contributed by atoms with van der Waals surface area (Å²) in [5, 5.41) is 11.0. The fourth-order valence-electron chi connectivity index (χ4n) is 1.39. The van der Waals surface area contributed by atoms with Gasteiger partial charge in [-0.3, -0.25) is 9.59 Å². The van der Waals surface area contributed by atoms with Crippen molar-refractivity contribution in [3.63, 3.8) is 0 Å². The van der Waals surface area contributed by atoms with Crippen LogP contribution in [0.4, 0.5) is 0 Å². The number of ether oxygens (including phenoxy) is 1. The second kappa shape index (κ2) is 7.20. The van der Waals surface area contributed by atoms with Gasteiger partial charge in [-0.1, -0.05) is 18.2 Å². The smallest absolute Gasteiger partial charge is 0.325 e. The molecule has 1 amide bonds. The summed E-state index contributed by atoms with van der Waals surface area (Å²) in [5.41, 5.74) is 0.766. The number of carboxylic acids is 1.